The molecule has 2 aliphatic carbocycles. The van der Waals surface area contributed by atoms with Crippen LogP contribution in [0.4, 0.5) is 5.69 Å². The van der Waals surface area contributed by atoms with Crippen LogP contribution in [0.2, 0.25) is 5.02 Å². The SMILES string of the molecule is O=C(c1ccc(Cl)cc1)[C@@H]1[C@H]2C=C[C@@H](C2)[C@@]12C(=O)Nc1ccccc12. The lowest BCUT2D eigenvalue weighted by atomic mass is 9.63. The zero-order chi connectivity index (χ0) is 17.2. The van der Waals surface area contributed by atoms with E-state index in [9.17, 15) is 9.59 Å². The molecule has 4 heteroatoms. The quantitative estimate of drug-likeness (QED) is 0.651. The van der Waals surface area contributed by atoms with Crippen LogP contribution in [-0.4, -0.2) is 11.7 Å². The van der Waals surface area contributed by atoms with Gasteiger partial charge in [0.05, 0.1) is 5.41 Å². The number of benzene rings is 2. The Morgan fingerprint density at radius 1 is 1.08 bits per heavy atom. The van der Waals surface area contributed by atoms with E-state index < -0.39 is 5.41 Å². The third-order valence-corrected chi connectivity index (χ3v) is 6.28. The van der Waals surface area contributed by atoms with Gasteiger partial charge in [-0.05, 0) is 54.2 Å². The Hall–Kier alpha value is -2.39. The van der Waals surface area contributed by atoms with Gasteiger partial charge in [-0.2, -0.15) is 0 Å². The maximum Gasteiger partial charge on any atom is 0.236 e. The molecular weight excluding hydrogens is 334 g/mol. The van der Waals surface area contributed by atoms with Crippen LogP contribution >= 0.6 is 11.6 Å². The minimum atomic E-state index is -0.785. The van der Waals surface area contributed by atoms with Gasteiger partial charge in [-0.15, -0.1) is 0 Å². The van der Waals surface area contributed by atoms with Gasteiger partial charge in [-0.25, -0.2) is 0 Å². The minimum absolute atomic E-state index is 0.0281. The molecule has 5 rings (SSSR count). The molecule has 4 atom stereocenters. The Morgan fingerprint density at radius 2 is 1.84 bits per heavy atom. The van der Waals surface area contributed by atoms with E-state index in [1.165, 1.54) is 0 Å². The van der Waals surface area contributed by atoms with Crippen LogP contribution in [0, 0.1) is 17.8 Å². The van der Waals surface area contributed by atoms with Crippen LogP contribution in [0.15, 0.2) is 60.7 Å². The van der Waals surface area contributed by atoms with Crippen LogP contribution in [0.25, 0.3) is 0 Å². The van der Waals surface area contributed by atoms with Crippen molar-refractivity contribution in [2.45, 2.75) is 11.8 Å². The molecule has 1 amide bonds. The maximum absolute atomic E-state index is 13.4. The summed E-state index contributed by atoms with van der Waals surface area (Å²) in [5.74, 6) is -0.210. The second kappa shape index (κ2) is 5.06. The Bertz CT molecular complexity index is 933. The first-order chi connectivity index (χ1) is 12.1. The predicted molar refractivity (Wildman–Crippen MR) is 96.8 cm³/mol. The van der Waals surface area contributed by atoms with Gasteiger partial charge in [0.2, 0.25) is 5.91 Å². The molecule has 1 N–H and O–H groups in total. The zero-order valence-electron chi connectivity index (χ0n) is 13.4. The van der Waals surface area contributed by atoms with Crippen LogP contribution in [-0.2, 0) is 10.2 Å². The molecule has 2 aromatic rings. The van der Waals surface area contributed by atoms with E-state index in [4.69, 9.17) is 11.6 Å². The fourth-order valence-electron chi connectivity index (χ4n) is 5.05. The van der Waals surface area contributed by atoms with Gasteiger partial charge in [0, 0.05) is 22.2 Å². The summed E-state index contributed by atoms with van der Waals surface area (Å²) < 4.78 is 0. The molecule has 2 aromatic carbocycles. The summed E-state index contributed by atoms with van der Waals surface area (Å²) in [6, 6.07) is 14.7. The Kier molecular flexibility index (Phi) is 3.02. The van der Waals surface area contributed by atoms with Crippen molar-refractivity contribution in [3.8, 4) is 0 Å². The summed E-state index contributed by atoms with van der Waals surface area (Å²) in [5.41, 5.74) is 1.63. The number of nitrogens with one attached hydrogen (secondary N) is 1. The third-order valence-electron chi connectivity index (χ3n) is 6.03. The molecule has 0 unspecified atom stereocenters. The van der Waals surface area contributed by atoms with Crippen molar-refractivity contribution in [2.75, 3.05) is 5.32 Å². The largest absolute Gasteiger partial charge is 0.325 e. The smallest absolute Gasteiger partial charge is 0.236 e. The van der Waals surface area contributed by atoms with Crippen molar-refractivity contribution >= 4 is 29.0 Å². The van der Waals surface area contributed by atoms with Crippen molar-refractivity contribution in [2.24, 2.45) is 17.8 Å². The molecule has 2 bridgehead atoms. The summed E-state index contributed by atoms with van der Waals surface area (Å²) in [5, 5.41) is 3.61. The number of rotatable bonds is 2. The highest BCUT2D eigenvalue weighted by Crippen LogP contribution is 2.61. The van der Waals surface area contributed by atoms with E-state index in [1.54, 1.807) is 24.3 Å². The van der Waals surface area contributed by atoms with Crippen LogP contribution in [0.3, 0.4) is 0 Å². The number of halogens is 1. The minimum Gasteiger partial charge on any atom is -0.325 e. The number of Topliss-reactive ketones (excluding diaryl/α,β-unsaturated/α-hetero) is 1. The second-order valence-electron chi connectivity index (χ2n) is 7.11. The van der Waals surface area contributed by atoms with E-state index in [0.717, 1.165) is 17.7 Å². The third kappa shape index (κ3) is 1.82. The van der Waals surface area contributed by atoms with E-state index in [1.807, 2.05) is 24.3 Å². The molecule has 25 heavy (non-hydrogen) atoms. The zero-order valence-corrected chi connectivity index (χ0v) is 14.2. The molecule has 1 heterocycles. The highest BCUT2D eigenvalue weighted by molar-refractivity contribution is 6.30. The lowest BCUT2D eigenvalue weighted by Crippen LogP contribution is -2.48. The number of carbonyl (C=O) groups is 2. The standard InChI is InChI=1S/C21H16ClNO2/c22-15-9-6-12(7-10-15)19(24)18-13-5-8-14(11-13)21(18)16-3-1-2-4-17(16)23-20(21)25/h1-10,13-14,18H,11H2,(H,23,25)/t13-,14-,18-,21-/m0/s1. The van der Waals surface area contributed by atoms with E-state index in [2.05, 4.69) is 17.5 Å². The van der Waals surface area contributed by atoms with Crippen molar-refractivity contribution in [1.82, 2.24) is 0 Å². The summed E-state index contributed by atoms with van der Waals surface area (Å²) in [6.07, 6.45) is 5.09. The van der Waals surface area contributed by atoms with Crippen LogP contribution in [0.5, 0.6) is 0 Å². The Labute approximate surface area is 150 Å². The summed E-state index contributed by atoms with van der Waals surface area (Å²) in [6.45, 7) is 0. The monoisotopic (exact) mass is 349 g/mol. The average Bonchev–Trinajstić information content (AvgIpc) is 3.29. The fraction of sp³-hybridized carbons (Fsp3) is 0.238. The molecule has 0 radical (unpaired) electrons. The highest BCUT2D eigenvalue weighted by atomic mass is 35.5. The maximum atomic E-state index is 13.4. The first kappa shape index (κ1) is 14.9. The van der Waals surface area contributed by atoms with Crippen LogP contribution in [0.1, 0.15) is 22.3 Å². The van der Waals surface area contributed by atoms with Gasteiger partial charge >= 0.3 is 0 Å². The molecule has 3 aliphatic rings. The van der Waals surface area contributed by atoms with Gasteiger partial charge in [0.1, 0.15) is 0 Å². The van der Waals surface area contributed by atoms with Gasteiger partial charge < -0.3 is 5.32 Å². The number of para-hydroxylation sites is 1. The number of ketones is 1. The average molecular weight is 350 g/mol. The summed E-state index contributed by atoms with van der Waals surface area (Å²) in [7, 11) is 0. The molecule has 0 aromatic heterocycles. The number of carbonyl (C=O) groups excluding carboxylic acids is 2. The normalized spacial score (nSPS) is 31.4. The van der Waals surface area contributed by atoms with Gasteiger partial charge in [0.25, 0.3) is 0 Å². The second-order valence-corrected chi connectivity index (χ2v) is 7.54. The van der Waals surface area contributed by atoms with E-state index in [0.29, 0.717) is 10.6 Å². The number of anilines is 1. The lowest BCUT2D eigenvalue weighted by molar-refractivity contribution is -0.122. The highest BCUT2D eigenvalue weighted by Gasteiger charge is 2.66. The van der Waals surface area contributed by atoms with Crippen molar-refractivity contribution < 1.29 is 9.59 Å². The van der Waals surface area contributed by atoms with Crippen molar-refractivity contribution in [3.63, 3.8) is 0 Å². The van der Waals surface area contributed by atoms with E-state index >= 15 is 0 Å². The molecule has 1 saturated carbocycles. The Balaban J connectivity index is 1.69. The van der Waals surface area contributed by atoms with Gasteiger partial charge in [-0.3, -0.25) is 9.59 Å². The Morgan fingerprint density at radius 3 is 2.64 bits per heavy atom. The fourth-order valence-corrected chi connectivity index (χ4v) is 5.18. The topological polar surface area (TPSA) is 46.2 Å². The summed E-state index contributed by atoms with van der Waals surface area (Å²) >= 11 is 5.96. The number of hydrogen-bond acceptors (Lipinski definition) is 2. The number of fused-ring (bicyclic) bond motifs is 5. The molecule has 1 aliphatic heterocycles. The molecule has 1 fully saturated rings. The van der Waals surface area contributed by atoms with Gasteiger partial charge in [-0.1, -0.05) is 42.0 Å². The van der Waals surface area contributed by atoms with Crippen molar-refractivity contribution in [3.05, 3.63) is 76.8 Å². The molecule has 0 saturated heterocycles. The molecule has 124 valence electrons. The molecule has 3 nitrogen and oxygen atoms in total. The molecule has 1 spiro atoms. The lowest BCUT2D eigenvalue weighted by Gasteiger charge is -2.36. The first-order valence-electron chi connectivity index (χ1n) is 8.51. The number of hydrogen-bond donors (Lipinski definition) is 1. The predicted octanol–water partition coefficient (Wildman–Crippen LogP) is 4.23. The summed E-state index contributed by atoms with van der Waals surface area (Å²) in [4.78, 5) is 26.5. The van der Waals surface area contributed by atoms with Crippen molar-refractivity contribution in [1.29, 1.82) is 0 Å². The molecular formula is C21H16ClNO2. The van der Waals surface area contributed by atoms with Gasteiger partial charge in [0.15, 0.2) is 5.78 Å². The van der Waals surface area contributed by atoms with E-state index in [-0.39, 0.29) is 29.4 Å². The number of allylic oxidation sites excluding steroid dienone is 2. The van der Waals surface area contributed by atoms with Crippen LogP contribution < -0.4 is 5.32 Å². The number of amides is 1. The first-order valence-corrected chi connectivity index (χ1v) is 8.89.